The number of anilines is 1. The van der Waals surface area contributed by atoms with Crippen molar-refractivity contribution < 1.29 is 9.53 Å². The quantitative estimate of drug-likeness (QED) is 0.508. The zero-order chi connectivity index (χ0) is 15.9. The van der Waals surface area contributed by atoms with Crippen molar-refractivity contribution in [2.45, 2.75) is 6.92 Å². The number of hydrogen-bond acceptors (Lipinski definition) is 4. The molecule has 0 unspecified atom stereocenters. The number of carbonyl (C=O) groups excluding carboxylic acids is 1. The van der Waals surface area contributed by atoms with Gasteiger partial charge in [0.1, 0.15) is 6.07 Å². The monoisotopic (exact) mass is 310 g/mol. The maximum Gasteiger partial charge on any atom is 0.291 e. The number of hydrogen-bond donors (Lipinski definition) is 1. The lowest BCUT2D eigenvalue weighted by Gasteiger charge is -2.12. The van der Waals surface area contributed by atoms with E-state index in [-0.39, 0.29) is 11.5 Å². The van der Waals surface area contributed by atoms with Crippen LogP contribution < -0.4 is 5.32 Å². The van der Waals surface area contributed by atoms with Gasteiger partial charge in [-0.2, -0.15) is 5.26 Å². The number of nitrogens with one attached hydrogen (secondary N) is 1. The number of para-hydroxylation sites is 1. The molecular weight excluding hydrogens is 296 g/mol. The van der Waals surface area contributed by atoms with Crippen LogP contribution in [-0.4, -0.2) is 5.91 Å². The number of benzene rings is 1. The van der Waals surface area contributed by atoms with Crippen LogP contribution in [-0.2, 0) is 9.53 Å². The van der Waals surface area contributed by atoms with Crippen molar-refractivity contribution in [2.75, 3.05) is 5.32 Å². The van der Waals surface area contributed by atoms with Crippen LogP contribution in [0.3, 0.4) is 0 Å². The maximum atomic E-state index is 12.3. The molecule has 0 radical (unpaired) electrons. The van der Waals surface area contributed by atoms with Crippen molar-refractivity contribution in [1.29, 1.82) is 5.26 Å². The molecule has 0 atom stereocenters. The number of amides is 1. The molecule has 110 valence electrons. The van der Waals surface area contributed by atoms with Crippen LogP contribution in [0.1, 0.15) is 6.92 Å². The summed E-state index contributed by atoms with van der Waals surface area (Å²) in [5, 5.41) is 13.5. The fourth-order valence-electron chi connectivity index (χ4n) is 1.81. The zero-order valence-corrected chi connectivity index (χ0v) is 12.8. The molecule has 0 fully saturated rings. The molecule has 22 heavy (non-hydrogen) atoms. The summed E-state index contributed by atoms with van der Waals surface area (Å²) >= 11 is 1.59. The van der Waals surface area contributed by atoms with Gasteiger partial charge in [0.05, 0.1) is 0 Å². The topological polar surface area (TPSA) is 62.1 Å². The molecule has 2 aromatic rings. The highest BCUT2D eigenvalue weighted by atomic mass is 32.1. The molecule has 0 saturated carbocycles. The Morgan fingerprint density at radius 3 is 2.77 bits per heavy atom. The van der Waals surface area contributed by atoms with E-state index >= 15 is 0 Å². The van der Waals surface area contributed by atoms with E-state index in [1.165, 1.54) is 6.08 Å². The first kappa shape index (κ1) is 15.5. The van der Waals surface area contributed by atoms with Gasteiger partial charge in [0, 0.05) is 16.1 Å². The van der Waals surface area contributed by atoms with Crippen LogP contribution in [0.25, 0.3) is 10.4 Å². The maximum absolute atomic E-state index is 12.3. The minimum absolute atomic E-state index is 0.0348. The number of allylic oxidation sites excluding steroid dienone is 2. The van der Waals surface area contributed by atoms with Crippen LogP contribution in [0.15, 0.2) is 66.0 Å². The van der Waals surface area contributed by atoms with E-state index in [9.17, 15) is 4.79 Å². The predicted molar refractivity (Wildman–Crippen MR) is 88.0 cm³/mol. The van der Waals surface area contributed by atoms with E-state index < -0.39 is 5.91 Å². The van der Waals surface area contributed by atoms with Gasteiger partial charge in [-0.25, -0.2) is 0 Å². The van der Waals surface area contributed by atoms with Crippen LogP contribution in [0.2, 0.25) is 0 Å². The number of nitrogens with zero attached hydrogens (tertiary/aromatic N) is 1. The summed E-state index contributed by atoms with van der Waals surface area (Å²) in [6.07, 6.45) is 1.49. The van der Waals surface area contributed by atoms with E-state index in [4.69, 9.17) is 10.00 Å². The smallest absolute Gasteiger partial charge is 0.291 e. The molecule has 5 heteroatoms. The van der Waals surface area contributed by atoms with Crippen LogP contribution in [0.5, 0.6) is 0 Å². The third kappa shape index (κ3) is 3.62. The van der Waals surface area contributed by atoms with Crippen LogP contribution in [0.4, 0.5) is 5.69 Å². The molecule has 1 amide bonds. The van der Waals surface area contributed by atoms with E-state index in [1.54, 1.807) is 24.3 Å². The Labute approximate surface area is 133 Å². The highest BCUT2D eigenvalue weighted by Crippen LogP contribution is 2.31. The van der Waals surface area contributed by atoms with E-state index in [2.05, 4.69) is 11.9 Å². The molecule has 1 heterocycles. The fraction of sp³-hybridized carbons (Fsp3) is 0.0588. The average molecular weight is 310 g/mol. The first-order valence-electron chi connectivity index (χ1n) is 6.53. The van der Waals surface area contributed by atoms with Gasteiger partial charge in [-0.1, -0.05) is 24.3 Å². The molecule has 0 aliphatic carbocycles. The van der Waals surface area contributed by atoms with Crippen molar-refractivity contribution in [2.24, 2.45) is 0 Å². The third-order valence-corrected chi connectivity index (χ3v) is 3.71. The largest absolute Gasteiger partial charge is 0.441 e. The average Bonchev–Trinajstić information content (AvgIpc) is 3.06. The van der Waals surface area contributed by atoms with Gasteiger partial charge >= 0.3 is 0 Å². The second-order valence-electron chi connectivity index (χ2n) is 4.27. The Morgan fingerprint density at radius 1 is 1.36 bits per heavy atom. The van der Waals surface area contributed by atoms with Crippen molar-refractivity contribution in [3.63, 3.8) is 0 Å². The number of thiophene rings is 1. The molecule has 0 bridgehead atoms. The van der Waals surface area contributed by atoms with Gasteiger partial charge in [0.25, 0.3) is 5.91 Å². The predicted octanol–water partition coefficient (Wildman–Crippen LogP) is 4.31. The van der Waals surface area contributed by atoms with Crippen LogP contribution in [0, 0.1) is 11.3 Å². The van der Waals surface area contributed by atoms with Gasteiger partial charge < -0.3 is 10.1 Å². The Hall–Kier alpha value is -2.84. The summed E-state index contributed by atoms with van der Waals surface area (Å²) in [6.45, 7) is 5.06. The fourth-order valence-corrected chi connectivity index (χ4v) is 2.58. The van der Waals surface area contributed by atoms with E-state index in [1.807, 2.05) is 41.8 Å². The molecule has 1 aromatic heterocycles. The standard InChI is InChI=1S/C17H14N2O2S/c1-3-15(21-12(2)11-18)17(20)19-14-8-5-4-7-13(14)16-9-6-10-22-16/h3-10H,2H2,1H3,(H,19,20)/b15-3-. The van der Waals surface area contributed by atoms with Gasteiger partial charge in [-0.15, -0.1) is 11.3 Å². The zero-order valence-electron chi connectivity index (χ0n) is 12.0. The molecule has 2 rings (SSSR count). The summed E-state index contributed by atoms with van der Waals surface area (Å²) in [7, 11) is 0. The molecule has 0 aliphatic rings. The van der Waals surface area contributed by atoms with Crippen molar-refractivity contribution >= 4 is 22.9 Å². The van der Waals surface area contributed by atoms with Gasteiger partial charge in [0.2, 0.25) is 0 Å². The molecule has 0 spiro atoms. The lowest BCUT2D eigenvalue weighted by atomic mass is 10.1. The van der Waals surface area contributed by atoms with Gasteiger partial charge in [-0.3, -0.25) is 4.79 Å². The highest BCUT2D eigenvalue weighted by Gasteiger charge is 2.14. The molecular formula is C17H14N2O2S. The number of rotatable bonds is 5. The molecule has 4 nitrogen and oxygen atoms in total. The summed E-state index contributed by atoms with van der Waals surface area (Å²) in [5.41, 5.74) is 1.61. The minimum Gasteiger partial charge on any atom is -0.441 e. The summed E-state index contributed by atoms with van der Waals surface area (Å²) in [5.74, 6) is -0.523. The van der Waals surface area contributed by atoms with Gasteiger partial charge in [0.15, 0.2) is 11.5 Å². The normalized spacial score (nSPS) is 10.6. The molecule has 1 N–H and O–H groups in total. The van der Waals surface area contributed by atoms with Crippen molar-refractivity contribution in [3.8, 4) is 16.5 Å². The number of carbonyl (C=O) groups is 1. The lowest BCUT2D eigenvalue weighted by molar-refractivity contribution is -0.115. The lowest BCUT2D eigenvalue weighted by Crippen LogP contribution is -2.16. The third-order valence-electron chi connectivity index (χ3n) is 2.81. The summed E-state index contributed by atoms with van der Waals surface area (Å²) in [4.78, 5) is 13.3. The summed E-state index contributed by atoms with van der Waals surface area (Å²) < 4.78 is 5.11. The Bertz CT molecular complexity index is 755. The Balaban J connectivity index is 2.23. The summed E-state index contributed by atoms with van der Waals surface area (Å²) in [6, 6.07) is 13.2. The first-order valence-corrected chi connectivity index (χ1v) is 7.41. The first-order chi connectivity index (χ1) is 10.7. The Kier molecular flexibility index (Phi) is 5.12. The SMILES string of the molecule is C=C(C#N)O/C(=C\C)C(=O)Nc1ccccc1-c1cccs1. The second-order valence-corrected chi connectivity index (χ2v) is 5.21. The second kappa shape index (κ2) is 7.25. The Morgan fingerprint density at radius 2 is 2.14 bits per heavy atom. The highest BCUT2D eigenvalue weighted by molar-refractivity contribution is 7.13. The van der Waals surface area contributed by atoms with Crippen molar-refractivity contribution in [1.82, 2.24) is 0 Å². The molecule has 1 aromatic carbocycles. The number of ether oxygens (including phenoxy) is 1. The van der Waals surface area contributed by atoms with Gasteiger partial charge in [-0.05, 0) is 37.1 Å². The van der Waals surface area contributed by atoms with E-state index in [0.717, 1.165) is 10.4 Å². The van der Waals surface area contributed by atoms with E-state index in [0.29, 0.717) is 5.69 Å². The molecule has 0 saturated heterocycles. The molecule has 0 aliphatic heterocycles. The number of nitriles is 1. The van der Waals surface area contributed by atoms with Crippen LogP contribution >= 0.6 is 11.3 Å². The minimum atomic E-state index is -0.428. The van der Waals surface area contributed by atoms with Crippen molar-refractivity contribution in [3.05, 3.63) is 66.0 Å².